The van der Waals surface area contributed by atoms with Gasteiger partial charge in [-0.15, -0.1) is 10.2 Å². The van der Waals surface area contributed by atoms with Crippen LogP contribution in [0.25, 0.3) is 11.4 Å². The van der Waals surface area contributed by atoms with Crippen LogP contribution in [0.5, 0.6) is 11.5 Å². The quantitative estimate of drug-likeness (QED) is 0.425. The minimum absolute atomic E-state index is 0.119. The summed E-state index contributed by atoms with van der Waals surface area (Å²) in [5, 5.41) is 12.2. The largest absolute Gasteiger partial charge is 0.486 e. The van der Waals surface area contributed by atoms with Crippen molar-refractivity contribution in [3.8, 4) is 22.9 Å². The molecule has 8 nitrogen and oxygen atoms in total. The number of hydrogen-bond donors (Lipinski definition) is 2. The normalized spacial score (nSPS) is 15.1. The molecule has 1 aliphatic heterocycles. The van der Waals surface area contributed by atoms with Crippen molar-refractivity contribution in [1.29, 1.82) is 0 Å². The molecule has 0 aliphatic carbocycles. The number of para-hydroxylation sites is 2. The average Bonchev–Trinajstić information content (AvgIpc) is 3.10. The number of rotatable bonds is 6. The summed E-state index contributed by atoms with van der Waals surface area (Å²) in [6.45, 7) is 0.696. The Morgan fingerprint density at radius 3 is 2.83 bits per heavy atom. The Kier molecular flexibility index (Phi) is 6.21. The lowest BCUT2D eigenvalue weighted by molar-refractivity contribution is -0.119. The molecule has 0 saturated carbocycles. The second-order valence-corrected chi connectivity index (χ2v) is 8.18. The van der Waals surface area contributed by atoms with Crippen molar-refractivity contribution in [2.45, 2.75) is 11.3 Å². The van der Waals surface area contributed by atoms with Crippen LogP contribution in [-0.4, -0.2) is 45.8 Å². The number of aromatic nitrogens is 3. The predicted molar refractivity (Wildman–Crippen MR) is 116 cm³/mol. The van der Waals surface area contributed by atoms with E-state index in [1.54, 1.807) is 18.2 Å². The molecule has 1 aromatic heterocycles. The number of halogens is 2. The number of hydrogen-bond acceptors (Lipinski definition) is 7. The first-order valence-corrected chi connectivity index (χ1v) is 10.7. The Labute approximate surface area is 186 Å². The van der Waals surface area contributed by atoms with E-state index >= 15 is 0 Å². The zero-order valence-electron chi connectivity index (χ0n) is 15.5. The molecule has 30 heavy (non-hydrogen) atoms. The lowest BCUT2D eigenvalue weighted by atomic mass is 10.2. The van der Waals surface area contributed by atoms with Gasteiger partial charge in [0.05, 0.1) is 17.3 Å². The molecule has 0 bridgehead atoms. The van der Waals surface area contributed by atoms with Gasteiger partial charge in [0.15, 0.2) is 17.3 Å². The van der Waals surface area contributed by atoms with Crippen molar-refractivity contribution in [2.75, 3.05) is 24.7 Å². The Morgan fingerprint density at radius 2 is 2.03 bits per heavy atom. The van der Waals surface area contributed by atoms with Crippen molar-refractivity contribution in [2.24, 2.45) is 0 Å². The zero-order chi connectivity index (χ0) is 21.1. The molecular weight excluding hydrogens is 449 g/mol. The molecule has 2 heterocycles. The summed E-state index contributed by atoms with van der Waals surface area (Å²) >= 11 is 13.3. The van der Waals surface area contributed by atoms with Gasteiger partial charge in [-0.2, -0.15) is 0 Å². The molecule has 1 unspecified atom stereocenters. The number of carbonyl (C=O) groups excluding carboxylic acids is 1. The fourth-order valence-corrected chi connectivity index (χ4v) is 3.98. The fraction of sp³-hybridized carbons (Fsp3) is 0.211. The Balaban J connectivity index is 1.30. The molecule has 1 atom stereocenters. The van der Waals surface area contributed by atoms with Gasteiger partial charge in [0, 0.05) is 10.6 Å². The Hall–Kier alpha value is -2.62. The number of amides is 1. The second kappa shape index (κ2) is 9.03. The second-order valence-electron chi connectivity index (χ2n) is 6.39. The van der Waals surface area contributed by atoms with E-state index in [0.29, 0.717) is 51.2 Å². The minimum atomic E-state index is -0.259. The number of fused-ring (bicyclic) bond motifs is 1. The minimum Gasteiger partial charge on any atom is -0.486 e. The maximum atomic E-state index is 12.2. The Bertz CT molecular complexity index is 1080. The number of ether oxygens (including phenoxy) is 2. The van der Waals surface area contributed by atoms with Gasteiger partial charge in [-0.25, -0.2) is 4.68 Å². The lowest BCUT2D eigenvalue weighted by Gasteiger charge is -2.26. The summed E-state index contributed by atoms with van der Waals surface area (Å²) < 4.78 is 12.8. The van der Waals surface area contributed by atoms with Gasteiger partial charge in [0.1, 0.15) is 12.7 Å². The topological polar surface area (TPSA) is 104 Å². The van der Waals surface area contributed by atoms with E-state index in [4.69, 9.17) is 38.5 Å². The van der Waals surface area contributed by atoms with Crippen molar-refractivity contribution < 1.29 is 14.3 Å². The van der Waals surface area contributed by atoms with Gasteiger partial charge >= 0.3 is 0 Å². The van der Waals surface area contributed by atoms with Crippen LogP contribution in [0.1, 0.15) is 0 Å². The van der Waals surface area contributed by atoms with E-state index in [1.807, 2.05) is 24.3 Å². The first-order valence-electron chi connectivity index (χ1n) is 8.95. The van der Waals surface area contributed by atoms with Gasteiger partial charge in [-0.05, 0) is 30.3 Å². The molecule has 11 heteroatoms. The molecule has 156 valence electrons. The van der Waals surface area contributed by atoms with Crippen LogP contribution >= 0.6 is 35.0 Å². The number of thioether (sulfide) groups is 1. The van der Waals surface area contributed by atoms with Crippen molar-refractivity contribution in [1.82, 2.24) is 20.2 Å². The van der Waals surface area contributed by atoms with E-state index in [9.17, 15) is 4.79 Å². The third-order valence-electron chi connectivity index (χ3n) is 4.26. The van der Waals surface area contributed by atoms with Crippen molar-refractivity contribution >= 4 is 40.9 Å². The molecule has 2 aromatic carbocycles. The molecule has 3 aromatic rings. The van der Waals surface area contributed by atoms with Gasteiger partial charge in [0.25, 0.3) is 0 Å². The third-order valence-corrected chi connectivity index (χ3v) is 5.75. The number of nitrogen functional groups attached to an aromatic ring is 1. The smallest absolute Gasteiger partial charge is 0.230 e. The first-order chi connectivity index (χ1) is 14.5. The fourth-order valence-electron chi connectivity index (χ4n) is 2.80. The molecule has 0 spiro atoms. The van der Waals surface area contributed by atoms with Gasteiger partial charge in [0.2, 0.25) is 11.1 Å². The average molecular weight is 466 g/mol. The zero-order valence-corrected chi connectivity index (χ0v) is 17.9. The van der Waals surface area contributed by atoms with Crippen LogP contribution in [0, 0.1) is 0 Å². The van der Waals surface area contributed by atoms with Crippen LogP contribution < -0.4 is 20.6 Å². The molecule has 0 fully saturated rings. The molecule has 0 saturated heterocycles. The number of nitrogens with two attached hydrogens (primary N) is 1. The molecule has 1 aliphatic rings. The van der Waals surface area contributed by atoms with Crippen LogP contribution in [0.4, 0.5) is 0 Å². The Morgan fingerprint density at radius 1 is 1.23 bits per heavy atom. The van der Waals surface area contributed by atoms with Crippen molar-refractivity contribution in [3.63, 3.8) is 0 Å². The van der Waals surface area contributed by atoms with Crippen molar-refractivity contribution in [3.05, 3.63) is 52.5 Å². The number of benzene rings is 2. The van der Waals surface area contributed by atoms with E-state index in [0.717, 1.165) is 0 Å². The number of nitrogens with zero attached hydrogens (tertiary/aromatic N) is 3. The molecule has 0 radical (unpaired) electrons. The molecule has 4 rings (SSSR count). The van der Waals surface area contributed by atoms with Gasteiger partial charge in [-0.1, -0.05) is 47.1 Å². The standard InChI is InChI=1S/C19H17Cl2N5O3S/c20-11-5-6-13(14(21)7-11)18-24-25-19(26(18)22)30-10-17(27)23-8-12-9-28-15-3-1-2-4-16(15)29-12/h1-7,12H,8-10,22H2,(H,23,27). The highest BCUT2D eigenvalue weighted by Gasteiger charge is 2.21. The summed E-state index contributed by atoms with van der Waals surface area (Å²) in [5.74, 6) is 7.76. The maximum absolute atomic E-state index is 12.2. The summed E-state index contributed by atoms with van der Waals surface area (Å²) in [7, 11) is 0. The van der Waals surface area contributed by atoms with E-state index < -0.39 is 0 Å². The van der Waals surface area contributed by atoms with E-state index in [2.05, 4.69) is 15.5 Å². The van der Waals surface area contributed by atoms with Crippen LogP contribution in [-0.2, 0) is 4.79 Å². The number of nitrogens with one attached hydrogen (secondary N) is 1. The van der Waals surface area contributed by atoms with Crippen LogP contribution in [0.2, 0.25) is 10.0 Å². The summed E-state index contributed by atoms with van der Waals surface area (Å²) in [5.41, 5.74) is 0.599. The lowest BCUT2D eigenvalue weighted by Crippen LogP contribution is -2.41. The third kappa shape index (κ3) is 4.58. The highest BCUT2D eigenvalue weighted by atomic mass is 35.5. The summed E-state index contributed by atoms with van der Waals surface area (Å²) in [6, 6.07) is 12.4. The highest BCUT2D eigenvalue weighted by Crippen LogP contribution is 2.31. The first kappa shape index (κ1) is 20.6. The maximum Gasteiger partial charge on any atom is 0.230 e. The molecule has 1 amide bonds. The molecule has 3 N–H and O–H groups in total. The predicted octanol–water partition coefficient (Wildman–Crippen LogP) is 3.01. The van der Waals surface area contributed by atoms with E-state index in [-0.39, 0.29) is 17.8 Å². The SMILES string of the molecule is Nn1c(SCC(=O)NCC2COc3ccccc3O2)nnc1-c1ccc(Cl)cc1Cl. The number of carbonyl (C=O) groups is 1. The molecular formula is C19H17Cl2N5O3S. The van der Waals surface area contributed by atoms with E-state index in [1.165, 1.54) is 16.4 Å². The van der Waals surface area contributed by atoms with Gasteiger partial charge < -0.3 is 20.6 Å². The highest BCUT2D eigenvalue weighted by molar-refractivity contribution is 7.99. The van der Waals surface area contributed by atoms with Crippen LogP contribution in [0.15, 0.2) is 47.6 Å². The van der Waals surface area contributed by atoms with Crippen LogP contribution in [0.3, 0.4) is 0 Å². The summed E-state index contributed by atoms with van der Waals surface area (Å²) in [4.78, 5) is 12.2. The van der Waals surface area contributed by atoms with Gasteiger partial charge in [-0.3, -0.25) is 4.79 Å². The summed E-state index contributed by atoms with van der Waals surface area (Å²) in [6.07, 6.45) is -0.259. The monoisotopic (exact) mass is 465 g/mol.